The van der Waals surface area contributed by atoms with Gasteiger partial charge in [0, 0.05) is 19.9 Å². The van der Waals surface area contributed by atoms with Gasteiger partial charge in [-0.05, 0) is 0 Å². The van der Waals surface area contributed by atoms with Gasteiger partial charge in [-0.1, -0.05) is 37.1 Å². The molecule has 0 aliphatic heterocycles. The molecule has 0 saturated heterocycles. The second-order valence-electron chi connectivity index (χ2n) is 1.02. The maximum atomic E-state index is 8.40. The summed E-state index contributed by atoms with van der Waals surface area (Å²) < 4.78 is 33.6. The molecule has 25 heavy (non-hydrogen) atoms. The van der Waals surface area contributed by atoms with Crippen LogP contribution in [0.1, 0.15) is 37.1 Å². The lowest BCUT2D eigenvalue weighted by atomic mass is 12.0. The average Bonchev–Trinajstić information content (AvgIpc) is 2.20. The predicted octanol–water partition coefficient (Wildman–Crippen LogP) is 6.83. The monoisotopic (exact) mass is 600 g/mol. The highest BCUT2D eigenvalue weighted by Gasteiger charge is 2.19. The Labute approximate surface area is 191 Å². The van der Waals surface area contributed by atoms with Crippen molar-refractivity contribution in [2.45, 2.75) is 37.1 Å². The van der Waals surface area contributed by atoms with E-state index in [0.717, 1.165) is 0 Å². The van der Waals surface area contributed by atoms with Crippen molar-refractivity contribution in [3.8, 4) is 0 Å². The van der Waals surface area contributed by atoms with Crippen LogP contribution < -0.4 is 0 Å². The third kappa shape index (κ3) is 5650. The third-order valence-electron chi connectivity index (χ3n) is 0. The number of halogens is 8. The van der Waals surface area contributed by atoms with Crippen LogP contribution in [-0.2, 0) is 17.8 Å². The average molecular weight is 604 g/mol. The van der Waals surface area contributed by atoms with E-state index in [0.29, 0.717) is 0 Å². The molecule has 0 rings (SSSR count). The second-order valence-corrected chi connectivity index (χ2v) is 23.6. The largest absolute Gasteiger partial charge is 0.549 e. The van der Waals surface area contributed by atoms with Crippen molar-refractivity contribution < 1.29 is 17.8 Å². The first-order chi connectivity index (χ1) is 8.83. The number of hydrogen-bond donors (Lipinski definition) is 0. The summed E-state index contributed by atoms with van der Waals surface area (Å²) in [5, 5.41) is -5.44. The highest BCUT2D eigenvalue weighted by Crippen LogP contribution is 2.23. The minimum atomic E-state index is -2.72. The molecule has 0 atom stereocenters. The molecule has 0 heterocycles. The van der Waals surface area contributed by atoms with Crippen LogP contribution in [0.4, 0.5) is 0 Å². The standard InChI is InChI=1S/5CH4.2Cl4Si.2O2Si.2O2/c;;;;;2*1-5(2,3)4;2*1-3-2;2*1-2/h5*1H4;;;;;;. The summed E-state index contributed by atoms with van der Waals surface area (Å²) in [7, 11) is -2.83. The molecule has 0 aromatic heterocycles. The first kappa shape index (κ1) is 71.6. The lowest BCUT2D eigenvalue weighted by Crippen LogP contribution is -1.92. The van der Waals surface area contributed by atoms with E-state index in [2.05, 4.69) is 0 Å². The fourth-order valence-electron chi connectivity index (χ4n) is 0. The Bertz CT molecular complexity index is 216. The zero-order valence-corrected chi connectivity index (χ0v) is 18.3. The van der Waals surface area contributed by atoms with Crippen molar-refractivity contribution in [1.29, 1.82) is 0 Å². The molecule has 8 nitrogen and oxygen atoms in total. The van der Waals surface area contributed by atoms with E-state index >= 15 is 0 Å². The van der Waals surface area contributed by atoms with Gasteiger partial charge in [0.05, 0.1) is 0 Å². The van der Waals surface area contributed by atoms with Crippen molar-refractivity contribution in [1.82, 2.24) is 0 Å². The van der Waals surface area contributed by atoms with Gasteiger partial charge in [-0.25, -0.2) is 0 Å². The molecule has 0 aliphatic rings. The van der Waals surface area contributed by atoms with E-state index in [4.69, 9.17) is 126 Å². The van der Waals surface area contributed by atoms with Crippen LogP contribution in [0.3, 0.4) is 0 Å². The molecule has 0 aromatic carbocycles. The minimum Gasteiger partial charge on any atom is -0.274 e. The molecule has 0 aliphatic carbocycles. The number of hydrogen-bond acceptors (Lipinski definition) is 8. The minimum absolute atomic E-state index is 0. The Kier molecular flexibility index (Phi) is 182. The van der Waals surface area contributed by atoms with E-state index in [9.17, 15) is 0 Å². The molecule has 0 bridgehead atoms. The lowest BCUT2D eigenvalue weighted by Gasteiger charge is -1.85. The van der Waals surface area contributed by atoms with Crippen LogP contribution in [0.5, 0.6) is 0 Å². The summed E-state index contributed by atoms with van der Waals surface area (Å²) in [4.78, 5) is 28.0. The second kappa shape index (κ2) is 63.7. The van der Waals surface area contributed by atoms with Crippen LogP contribution in [0, 0.1) is 19.9 Å². The van der Waals surface area contributed by atoms with Gasteiger partial charge in [-0.2, -0.15) is 0 Å². The topological polar surface area (TPSA) is 137 Å². The molecular formula is C5H20Cl8O8Si4. The van der Waals surface area contributed by atoms with Crippen LogP contribution in [0.25, 0.3) is 0 Å². The summed E-state index contributed by atoms with van der Waals surface area (Å²) in [6.45, 7) is 0. The quantitative estimate of drug-likeness (QED) is 0.217. The molecule has 0 saturated carbocycles. The molecule has 0 spiro atoms. The van der Waals surface area contributed by atoms with Crippen LogP contribution >= 0.6 is 88.6 Å². The third-order valence-corrected chi connectivity index (χ3v) is 0. The van der Waals surface area contributed by atoms with E-state index in [1.165, 1.54) is 0 Å². The fourth-order valence-corrected chi connectivity index (χ4v) is 0. The van der Waals surface area contributed by atoms with Gasteiger partial charge in [0.15, 0.2) is 0 Å². The van der Waals surface area contributed by atoms with Crippen molar-refractivity contribution in [3.05, 3.63) is 19.9 Å². The van der Waals surface area contributed by atoms with Gasteiger partial charge in [0.1, 0.15) is 0 Å². The zero-order valence-electron chi connectivity index (χ0n) is 8.29. The van der Waals surface area contributed by atoms with Crippen molar-refractivity contribution in [2.75, 3.05) is 0 Å². The van der Waals surface area contributed by atoms with Gasteiger partial charge < -0.3 is 0 Å². The van der Waals surface area contributed by atoms with Gasteiger partial charge in [0.2, 0.25) is 0 Å². The molecule has 160 valence electrons. The lowest BCUT2D eigenvalue weighted by molar-refractivity contribution is 0.496. The molecule has 20 heteroatoms. The zero-order chi connectivity index (χ0) is 18.4. The first-order valence-electron chi connectivity index (χ1n) is 2.66. The molecular weight excluding hydrogens is 584 g/mol. The van der Waals surface area contributed by atoms with E-state index in [1.54, 1.807) is 0 Å². The Balaban J connectivity index is -0.0000000104. The van der Waals surface area contributed by atoms with Gasteiger partial charge in [-0.15, -0.1) is 88.6 Å². The Morgan fingerprint density at radius 2 is 0.400 bits per heavy atom. The molecule has 0 unspecified atom stereocenters. The highest BCUT2D eigenvalue weighted by atomic mass is 36.0. The summed E-state index contributed by atoms with van der Waals surface area (Å²) in [6.07, 6.45) is 0. The van der Waals surface area contributed by atoms with Gasteiger partial charge in [-0.3, -0.25) is 17.8 Å². The fraction of sp³-hybridized carbons (Fsp3) is 1.00. The number of rotatable bonds is 0. The predicted molar refractivity (Wildman–Crippen MR) is 120 cm³/mol. The summed E-state index contributed by atoms with van der Waals surface area (Å²) in [5.74, 6) is 0. The molecule has 0 radical (unpaired) electrons. The summed E-state index contributed by atoms with van der Waals surface area (Å²) in [6, 6.07) is 0. The normalized spacial score (nSPS) is 5.76. The van der Waals surface area contributed by atoms with E-state index in [1.807, 2.05) is 0 Å². The molecule has 0 N–H and O–H groups in total. The summed E-state index contributed by atoms with van der Waals surface area (Å²) in [5.41, 5.74) is 0. The molecule has 0 aromatic rings. The Hall–Kier alpha value is 1.59. The first-order valence-corrected chi connectivity index (χ1v) is 16.4. The van der Waals surface area contributed by atoms with Crippen molar-refractivity contribution in [2.24, 2.45) is 0 Å². The van der Waals surface area contributed by atoms with Gasteiger partial charge in [0.25, 0.3) is 0 Å². The van der Waals surface area contributed by atoms with Gasteiger partial charge >= 0.3 is 29.2 Å². The highest BCUT2D eigenvalue weighted by molar-refractivity contribution is 7.81. The van der Waals surface area contributed by atoms with Crippen molar-refractivity contribution >= 4 is 118 Å². The summed E-state index contributed by atoms with van der Waals surface area (Å²) >= 11 is 39.7. The van der Waals surface area contributed by atoms with E-state index < -0.39 is 29.2 Å². The smallest absolute Gasteiger partial charge is 0.274 e. The Morgan fingerprint density at radius 1 is 0.400 bits per heavy atom. The van der Waals surface area contributed by atoms with Crippen LogP contribution in [0.15, 0.2) is 0 Å². The Morgan fingerprint density at radius 3 is 0.400 bits per heavy atom. The van der Waals surface area contributed by atoms with Crippen LogP contribution in [0.2, 0.25) is 0 Å². The maximum absolute atomic E-state index is 8.40. The molecule has 0 fully saturated rings. The molecule has 0 amide bonds. The SMILES string of the molecule is C.C.C.C.C.Cl[Si](Cl)(Cl)Cl.Cl[Si](Cl)(Cl)Cl.O=O.O=O.O=[Si]=O.O=[Si]=O. The van der Waals surface area contributed by atoms with Crippen LogP contribution in [-0.4, -0.2) is 29.2 Å². The maximum Gasteiger partial charge on any atom is 0.549 e. The van der Waals surface area contributed by atoms with E-state index in [-0.39, 0.29) is 37.1 Å². The van der Waals surface area contributed by atoms with Crippen molar-refractivity contribution in [3.63, 3.8) is 0 Å².